The van der Waals surface area contributed by atoms with Gasteiger partial charge in [-0.25, -0.2) is 6.08 Å². The number of allylic oxidation sites excluding steroid dienone is 4. The molecule has 8 rings (SSSR count). The fourth-order valence-corrected chi connectivity index (χ4v) is 9.77. The molecular weight excluding hydrogens is 918 g/mol. The van der Waals surface area contributed by atoms with Gasteiger partial charge < -0.3 is 24.8 Å². The van der Waals surface area contributed by atoms with E-state index in [-0.39, 0.29) is 24.8 Å². The van der Waals surface area contributed by atoms with Gasteiger partial charge in [-0.2, -0.15) is 11.6 Å². The minimum Gasteiger partial charge on any atom is -1.00 e. The maximum absolute atomic E-state index is 5.98. The number of hydrogen-bond donors (Lipinski definition) is 0. The van der Waals surface area contributed by atoms with Crippen LogP contribution in [0, 0.1) is 59.0 Å². The molecule has 1 unspecified atom stereocenters. The largest absolute Gasteiger partial charge is 1.00 e. The molecular formula is C57H58Cl4Zr-2. The molecule has 0 aliphatic heterocycles. The second-order valence-corrected chi connectivity index (χ2v) is 19.7. The Bertz CT molecular complexity index is 2530. The van der Waals surface area contributed by atoms with Gasteiger partial charge in [0, 0.05) is 0 Å². The first-order chi connectivity index (χ1) is 28.5. The van der Waals surface area contributed by atoms with E-state index in [1.54, 1.807) is 0 Å². The minimum atomic E-state index is 0. The van der Waals surface area contributed by atoms with Gasteiger partial charge in [-0.05, 0) is 74.9 Å². The Hall–Kier alpha value is -3.42. The number of fused-ring (bicyclic) bond motifs is 3. The molecule has 5 heteroatoms. The third-order valence-electron chi connectivity index (χ3n) is 11.4. The SMILES string of the molecule is CCCCC1[C-]=CC(C(C)(C)C)=C1.Cc1cc(C)c(-c2ccc3c(c2)[cH-]c2cc(-c4c(C)cc(C)cc4C)ccc23)c(C)c1.Clc1cccc([C](=[Zr+2])c2cccc(Cl)c2)c1.[Cl-].[Cl-]. The Kier molecular flexibility index (Phi) is 18.6. The maximum atomic E-state index is 5.98. The van der Waals surface area contributed by atoms with Crippen LogP contribution in [0.4, 0.5) is 0 Å². The minimum absolute atomic E-state index is 0. The summed E-state index contributed by atoms with van der Waals surface area (Å²) in [5.74, 6) is 0.592. The molecule has 0 aromatic heterocycles. The predicted octanol–water partition coefficient (Wildman–Crippen LogP) is 11.2. The topological polar surface area (TPSA) is 0 Å². The molecule has 320 valence electrons. The molecule has 0 fully saturated rings. The first-order valence-electron chi connectivity index (χ1n) is 21.2. The van der Waals surface area contributed by atoms with Crippen molar-refractivity contribution in [2.75, 3.05) is 0 Å². The monoisotopic (exact) mass is 972 g/mol. The number of halogens is 4. The average molecular weight is 976 g/mol. The van der Waals surface area contributed by atoms with E-state index in [1.807, 2.05) is 36.4 Å². The van der Waals surface area contributed by atoms with Crippen LogP contribution in [0.2, 0.25) is 10.0 Å². The molecule has 0 N–H and O–H groups in total. The molecule has 7 aromatic carbocycles. The Morgan fingerprint density at radius 3 is 1.44 bits per heavy atom. The normalized spacial score (nSPS) is 13.1. The van der Waals surface area contributed by atoms with Crippen molar-refractivity contribution in [3.63, 3.8) is 0 Å². The molecule has 0 radical (unpaired) electrons. The summed E-state index contributed by atoms with van der Waals surface area (Å²) in [6.07, 6.45) is 11.9. The predicted molar refractivity (Wildman–Crippen MR) is 261 cm³/mol. The summed E-state index contributed by atoms with van der Waals surface area (Å²) in [5, 5.41) is 6.84. The quantitative estimate of drug-likeness (QED) is 0.140. The molecule has 62 heavy (non-hydrogen) atoms. The van der Waals surface area contributed by atoms with Crippen LogP contribution in [-0.4, -0.2) is 3.21 Å². The summed E-state index contributed by atoms with van der Waals surface area (Å²) in [5.41, 5.74) is 17.5. The van der Waals surface area contributed by atoms with Gasteiger partial charge in [0.1, 0.15) is 0 Å². The average Bonchev–Trinajstić information content (AvgIpc) is 3.81. The zero-order chi connectivity index (χ0) is 43.3. The van der Waals surface area contributed by atoms with Gasteiger partial charge in [-0.3, -0.25) is 6.08 Å². The summed E-state index contributed by atoms with van der Waals surface area (Å²) >= 11 is 13.3. The Morgan fingerprint density at radius 2 is 1.06 bits per heavy atom. The second-order valence-electron chi connectivity index (χ2n) is 17.6. The van der Waals surface area contributed by atoms with Gasteiger partial charge in [0.2, 0.25) is 0 Å². The summed E-state index contributed by atoms with van der Waals surface area (Å²) < 4.78 is 1.26. The van der Waals surface area contributed by atoms with E-state index in [2.05, 4.69) is 166 Å². The van der Waals surface area contributed by atoms with E-state index in [9.17, 15) is 0 Å². The Morgan fingerprint density at radius 1 is 0.629 bits per heavy atom. The number of rotatable bonds is 7. The first-order valence-corrected chi connectivity index (χ1v) is 23.2. The van der Waals surface area contributed by atoms with E-state index < -0.39 is 0 Å². The van der Waals surface area contributed by atoms with Crippen LogP contribution in [0.1, 0.15) is 91.5 Å². The van der Waals surface area contributed by atoms with E-state index in [0.29, 0.717) is 11.3 Å². The molecule has 0 spiro atoms. The van der Waals surface area contributed by atoms with Gasteiger partial charge in [-0.1, -0.05) is 129 Å². The number of hydrogen-bond acceptors (Lipinski definition) is 0. The van der Waals surface area contributed by atoms with Crippen LogP contribution in [0.3, 0.4) is 0 Å². The van der Waals surface area contributed by atoms with Crippen LogP contribution in [0.15, 0.2) is 133 Å². The number of benzene rings is 6. The summed E-state index contributed by atoms with van der Waals surface area (Å²) in [4.78, 5) is 0. The van der Waals surface area contributed by atoms with Crippen molar-refractivity contribution < 1.29 is 49.0 Å². The van der Waals surface area contributed by atoms with E-state index in [1.165, 1.54) is 129 Å². The number of unbranched alkanes of at least 4 members (excludes halogenated alkanes) is 1. The van der Waals surface area contributed by atoms with Crippen LogP contribution in [0.5, 0.6) is 0 Å². The molecule has 0 saturated heterocycles. The molecule has 1 atom stereocenters. The van der Waals surface area contributed by atoms with Gasteiger partial charge in [0.25, 0.3) is 0 Å². The van der Waals surface area contributed by atoms with Crippen molar-refractivity contribution in [1.82, 2.24) is 0 Å². The van der Waals surface area contributed by atoms with Crippen molar-refractivity contribution >= 4 is 48.0 Å². The summed E-state index contributed by atoms with van der Waals surface area (Å²) in [6.45, 7) is 22.3. The zero-order valence-corrected chi connectivity index (χ0v) is 43.3. The molecule has 0 bridgehead atoms. The molecule has 0 nitrogen and oxygen atoms in total. The van der Waals surface area contributed by atoms with Gasteiger partial charge >= 0.3 is 120 Å². The van der Waals surface area contributed by atoms with Crippen LogP contribution in [0.25, 0.3) is 43.8 Å². The molecule has 1 aliphatic carbocycles. The molecule has 0 amide bonds. The summed E-state index contributed by atoms with van der Waals surface area (Å²) in [7, 11) is 0. The van der Waals surface area contributed by atoms with Crippen LogP contribution >= 0.6 is 23.2 Å². The summed E-state index contributed by atoms with van der Waals surface area (Å²) in [6, 6.07) is 41.2. The second kappa shape index (κ2) is 22.5. The van der Waals surface area contributed by atoms with E-state index >= 15 is 0 Å². The third-order valence-corrected chi connectivity index (χ3v) is 13.3. The van der Waals surface area contributed by atoms with E-state index in [0.717, 1.165) is 21.2 Å². The van der Waals surface area contributed by atoms with Gasteiger partial charge in [0.15, 0.2) is 0 Å². The van der Waals surface area contributed by atoms with E-state index in [4.69, 9.17) is 23.2 Å². The third kappa shape index (κ3) is 12.6. The fourth-order valence-electron chi connectivity index (χ4n) is 8.63. The first kappa shape index (κ1) is 51.2. The standard InChI is InChI=1S/C31H29.C13H8Cl2.C13H21.2ClH.Zr/c1-18-11-20(3)30(21(4)12-18)24-7-9-28-26(15-24)17-27-16-25(8-10-29(27)28)31-22(5)13-19(2)14-23(31)6;14-12-5-1-3-10(8-12)7-11-4-2-6-13(15)9-11;1-5-6-7-11-8-9-12(10-11)13(2,3)4;;;/h7-17H,1-6H3;1-6,8-9H;9-11H,5-7H2,1-4H3;2*1H;/q-1;;-1;;;+2/p-2. The van der Waals surface area contributed by atoms with Crippen LogP contribution < -0.4 is 24.8 Å². The van der Waals surface area contributed by atoms with Gasteiger partial charge in [0.05, 0.1) is 0 Å². The van der Waals surface area contributed by atoms with Crippen LogP contribution in [-0.2, 0) is 24.2 Å². The fraction of sp³-hybridized carbons (Fsp3) is 0.263. The molecule has 7 aromatic rings. The van der Waals surface area contributed by atoms with Crippen molar-refractivity contribution in [2.45, 2.75) is 88.5 Å². The van der Waals surface area contributed by atoms with Crippen molar-refractivity contribution in [3.8, 4) is 22.3 Å². The Balaban J connectivity index is 0.000000229. The van der Waals surface area contributed by atoms with Gasteiger partial charge in [-0.15, -0.1) is 39.7 Å². The van der Waals surface area contributed by atoms with Crippen molar-refractivity contribution in [2.24, 2.45) is 11.3 Å². The molecule has 0 heterocycles. The smallest absolute Gasteiger partial charge is 1.00 e. The number of aryl methyl sites for hydroxylation is 6. The zero-order valence-electron chi connectivity index (χ0n) is 37.8. The molecule has 1 aliphatic rings. The Labute approximate surface area is 409 Å². The van der Waals surface area contributed by atoms with Crippen molar-refractivity contribution in [3.05, 3.63) is 194 Å². The van der Waals surface area contributed by atoms with Crippen molar-refractivity contribution in [1.29, 1.82) is 0 Å². The maximum Gasteiger partial charge on any atom is -1.00 e. The molecule has 0 saturated carbocycles.